The molecule has 2 aromatic rings. The van der Waals surface area contributed by atoms with Gasteiger partial charge in [0.2, 0.25) is 5.91 Å². The number of carbonyl (C=O) groups is 1. The number of alkyl halides is 5. The van der Waals surface area contributed by atoms with Crippen molar-refractivity contribution in [3.63, 3.8) is 0 Å². The van der Waals surface area contributed by atoms with Crippen LogP contribution in [0.4, 0.5) is 32.2 Å². The van der Waals surface area contributed by atoms with E-state index in [1.807, 2.05) is 0 Å². The number of hydrogen-bond donors (Lipinski definition) is 2. The molecule has 1 saturated heterocycles. The van der Waals surface area contributed by atoms with Gasteiger partial charge in [0, 0.05) is 31.3 Å². The Balaban J connectivity index is 1.86. The molecule has 3 heterocycles. The molecule has 0 aliphatic carbocycles. The second-order valence-electron chi connectivity index (χ2n) is 8.09. The molecule has 186 valence electrons. The normalized spacial score (nSPS) is 19.6. The topological polar surface area (TPSA) is 87.5 Å². The second-order valence-corrected chi connectivity index (χ2v) is 8.09. The van der Waals surface area contributed by atoms with Crippen LogP contribution in [0.5, 0.6) is 0 Å². The summed E-state index contributed by atoms with van der Waals surface area (Å²) in [4.78, 5) is 29.9. The summed E-state index contributed by atoms with van der Waals surface area (Å²) in [5, 5.41) is 11.8. The Morgan fingerprint density at radius 2 is 2.06 bits per heavy atom. The molecule has 1 aliphatic rings. The minimum absolute atomic E-state index is 0.0592. The highest BCUT2D eigenvalue weighted by molar-refractivity contribution is 5.93. The van der Waals surface area contributed by atoms with Crippen LogP contribution in [0, 0.1) is 5.82 Å². The number of likely N-dealkylation sites (tertiary alicyclic amines) is 1. The van der Waals surface area contributed by atoms with Crippen LogP contribution in [0.1, 0.15) is 30.4 Å². The summed E-state index contributed by atoms with van der Waals surface area (Å²) in [6.45, 7) is -1.73. The molecule has 13 heteroatoms. The van der Waals surface area contributed by atoms with E-state index in [-0.39, 0.29) is 22.5 Å². The van der Waals surface area contributed by atoms with Crippen molar-refractivity contribution in [1.29, 1.82) is 0 Å². The molecule has 2 aromatic heterocycles. The molecular formula is C21H22F6N4O3. The van der Waals surface area contributed by atoms with E-state index in [9.17, 15) is 41.0 Å². The van der Waals surface area contributed by atoms with E-state index in [1.54, 1.807) is 0 Å². The summed E-state index contributed by atoms with van der Waals surface area (Å²) < 4.78 is 81.6. The van der Waals surface area contributed by atoms with E-state index in [2.05, 4.69) is 10.3 Å². The molecular weight excluding hydrogens is 470 g/mol. The minimum Gasteiger partial charge on any atom is -0.391 e. The lowest BCUT2D eigenvalue weighted by Gasteiger charge is -2.41. The summed E-state index contributed by atoms with van der Waals surface area (Å²) in [7, 11) is 0. The van der Waals surface area contributed by atoms with Crippen LogP contribution in [0.25, 0.3) is 0 Å². The SMILES string of the molecule is C[C@@H](C(=O)Nc1ccc(F)cn1)N1CCC(F)(F)C(c2cc(CO)c(=O)n(CC(F)(F)F)c2)C1. The molecule has 2 N–H and O–H groups in total. The summed E-state index contributed by atoms with van der Waals surface area (Å²) in [6, 6.07) is 2.36. The first kappa shape index (κ1) is 25.7. The molecule has 0 aromatic carbocycles. The van der Waals surface area contributed by atoms with Crippen molar-refractivity contribution in [1.82, 2.24) is 14.5 Å². The number of carbonyl (C=O) groups excluding carboxylic acids is 1. The number of halogens is 6. The fourth-order valence-corrected chi connectivity index (χ4v) is 3.81. The molecule has 1 aliphatic heterocycles. The maximum absolute atomic E-state index is 14.8. The van der Waals surface area contributed by atoms with Gasteiger partial charge in [-0.1, -0.05) is 0 Å². The lowest BCUT2D eigenvalue weighted by molar-refractivity contribution is -0.141. The molecule has 0 saturated carbocycles. The van der Waals surface area contributed by atoms with Crippen molar-refractivity contribution in [2.24, 2.45) is 0 Å². The van der Waals surface area contributed by atoms with Crippen molar-refractivity contribution in [2.45, 2.75) is 50.6 Å². The Labute approximate surface area is 190 Å². The lowest BCUT2D eigenvalue weighted by atomic mass is 9.86. The quantitative estimate of drug-likeness (QED) is 0.606. The van der Waals surface area contributed by atoms with Gasteiger partial charge in [-0.25, -0.2) is 18.2 Å². The van der Waals surface area contributed by atoms with E-state index in [0.29, 0.717) is 0 Å². The van der Waals surface area contributed by atoms with E-state index in [1.165, 1.54) is 17.9 Å². The Kier molecular flexibility index (Phi) is 7.36. The highest BCUT2D eigenvalue weighted by Crippen LogP contribution is 2.41. The van der Waals surface area contributed by atoms with Crippen molar-refractivity contribution in [2.75, 3.05) is 18.4 Å². The van der Waals surface area contributed by atoms with Gasteiger partial charge in [-0.2, -0.15) is 13.2 Å². The first-order valence-corrected chi connectivity index (χ1v) is 10.3. The van der Waals surface area contributed by atoms with Crippen LogP contribution in [0.2, 0.25) is 0 Å². The average Bonchev–Trinajstić information content (AvgIpc) is 2.75. The molecule has 1 fully saturated rings. The first-order valence-electron chi connectivity index (χ1n) is 10.3. The third kappa shape index (κ3) is 5.95. The molecule has 34 heavy (non-hydrogen) atoms. The van der Waals surface area contributed by atoms with E-state index in [0.717, 1.165) is 24.5 Å². The van der Waals surface area contributed by atoms with Gasteiger partial charge in [-0.3, -0.25) is 14.5 Å². The third-order valence-corrected chi connectivity index (χ3v) is 5.67. The summed E-state index contributed by atoms with van der Waals surface area (Å²) >= 11 is 0. The number of hydrogen-bond acceptors (Lipinski definition) is 5. The number of piperidine rings is 1. The van der Waals surface area contributed by atoms with E-state index >= 15 is 0 Å². The molecule has 0 bridgehead atoms. The monoisotopic (exact) mass is 492 g/mol. The third-order valence-electron chi connectivity index (χ3n) is 5.67. The average molecular weight is 492 g/mol. The first-order chi connectivity index (χ1) is 15.8. The molecule has 0 radical (unpaired) electrons. The number of rotatable bonds is 6. The van der Waals surface area contributed by atoms with Gasteiger partial charge in [-0.05, 0) is 30.7 Å². The molecule has 7 nitrogen and oxygen atoms in total. The zero-order chi connectivity index (χ0) is 25.3. The molecule has 1 unspecified atom stereocenters. The predicted molar refractivity (Wildman–Crippen MR) is 109 cm³/mol. The van der Waals surface area contributed by atoms with Gasteiger partial charge >= 0.3 is 6.18 Å². The van der Waals surface area contributed by atoms with E-state index < -0.39 is 73.0 Å². The molecule has 0 spiro atoms. The standard InChI is InChI=1S/C21H22F6N4O3/c1-12(18(33)29-17-3-2-15(22)7-28-17)30-5-4-20(23,24)16(9-30)13-6-14(10-32)19(34)31(8-13)11-21(25,26)27/h2-3,6-8,12,16,32H,4-5,9-11H2,1H3,(H,28,29,33)/t12-,16?/m0/s1. The van der Waals surface area contributed by atoms with Crippen LogP contribution in [0.3, 0.4) is 0 Å². The van der Waals surface area contributed by atoms with Crippen molar-refractivity contribution in [3.05, 3.63) is 57.9 Å². The van der Waals surface area contributed by atoms with Crippen molar-refractivity contribution < 1.29 is 36.2 Å². The highest BCUT2D eigenvalue weighted by atomic mass is 19.4. The maximum Gasteiger partial charge on any atom is 0.406 e. The van der Waals surface area contributed by atoms with Crippen LogP contribution >= 0.6 is 0 Å². The fourth-order valence-electron chi connectivity index (χ4n) is 3.81. The van der Waals surface area contributed by atoms with Gasteiger partial charge in [0.25, 0.3) is 11.5 Å². The zero-order valence-corrected chi connectivity index (χ0v) is 18.0. The number of pyridine rings is 2. The fraction of sp³-hybridized carbons (Fsp3) is 0.476. The Morgan fingerprint density at radius 3 is 2.65 bits per heavy atom. The number of aromatic nitrogens is 2. The molecule has 2 atom stereocenters. The van der Waals surface area contributed by atoms with Crippen LogP contribution in [-0.4, -0.2) is 56.7 Å². The highest BCUT2D eigenvalue weighted by Gasteiger charge is 2.47. The molecule has 1 amide bonds. The Hall–Kier alpha value is -2.93. The number of aliphatic hydroxyl groups excluding tert-OH is 1. The van der Waals surface area contributed by atoms with Crippen molar-refractivity contribution in [3.8, 4) is 0 Å². The van der Waals surface area contributed by atoms with Gasteiger partial charge in [0.15, 0.2) is 0 Å². The van der Waals surface area contributed by atoms with Crippen LogP contribution < -0.4 is 10.9 Å². The smallest absolute Gasteiger partial charge is 0.391 e. The Morgan fingerprint density at radius 1 is 1.35 bits per heavy atom. The number of nitrogens with one attached hydrogen (secondary N) is 1. The largest absolute Gasteiger partial charge is 0.406 e. The van der Waals surface area contributed by atoms with Gasteiger partial charge in [0.05, 0.1) is 24.8 Å². The van der Waals surface area contributed by atoms with Crippen molar-refractivity contribution >= 4 is 11.7 Å². The van der Waals surface area contributed by atoms with Crippen LogP contribution in [-0.2, 0) is 17.9 Å². The second kappa shape index (κ2) is 9.74. The molecule has 3 rings (SSSR count). The predicted octanol–water partition coefficient (Wildman–Crippen LogP) is 2.89. The number of nitrogens with zero attached hydrogens (tertiary/aromatic N) is 3. The Bertz CT molecular complexity index is 1090. The zero-order valence-electron chi connectivity index (χ0n) is 18.0. The summed E-state index contributed by atoms with van der Waals surface area (Å²) in [5.74, 6) is -6.12. The van der Waals surface area contributed by atoms with Gasteiger partial charge in [0.1, 0.15) is 18.2 Å². The van der Waals surface area contributed by atoms with Gasteiger partial charge < -0.3 is 15.0 Å². The maximum atomic E-state index is 14.8. The lowest BCUT2D eigenvalue weighted by Crippen LogP contribution is -2.52. The number of aliphatic hydroxyl groups is 1. The number of amides is 1. The minimum atomic E-state index is -4.78. The summed E-state index contributed by atoms with van der Waals surface area (Å²) in [6.07, 6.45) is -3.84. The van der Waals surface area contributed by atoms with Crippen LogP contribution in [0.15, 0.2) is 35.4 Å². The number of anilines is 1. The summed E-state index contributed by atoms with van der Waals surface area (Å²) in [5.41, 5.74) is -1.82. The van der Waals surface area contributed by atoms with Gasteiger partial charge in [-0.15, -0.1) is 0 Å². The van der Waals surface area contributed by atoms with E-state index in [4.69, 9.17) is 0 Å².